The van der Waals surface area contributed by atoms with Crippen LogP contribution in [0.25, 0.3) is 0 Å². The third-order valence-corrected chi connectivity index (χ3v) is 3.53. The van der Waals surface area contributed by atoms with Crippen LogP contribution in [0.1, 0.15) is 57.8 Å². The number of amides is 2. The molecule has 1 atom stereocenters. The Balaban J connectivity index is 2.71. The number of carbonyl (C=O) groups is 2. The highest BCUT2D eigenvalue weighted by Crippen LogP contribution is 2.17. The summed E-state index contributed by atoms with van der Waals surface area (Å²) in [6, 6.07) is 1.57. The second-order valence-corrected chi connectivity index (χ2v) is 7.20. The number of nitrogens with zero attached hydrogens (tertiary/aromatic N) is 1. The van der Waals surface area contributed by atoms with Crippen LogP contribution < -0.4 is 10.6 Å². The fraction of sp³-hybridized carbons (Fsp3) is 0.688. The van der Waals surface area contributed by atoms with Gasteiger partial charge in [-0.3, -0.25) is 4.79 Å². The highest BCUT2D eigenvalue weighted by molar-refractivity contribution is 5.92. The second-order valence-electron chi connectivity index (χ2n) is 7.20. The summed E-state index contributed by atoms with van der Waals surface area (Å²) >= 11 is 0. The van der Waals surface area contributed by atoms with Crippen LogP contribution in [0.2, 0.25) is 0 Å². The van der Waals surface area contributed by atoms with E-state index < -0.39 is 17.2 Å². The highest BCUT2D eigenvalue weighted by Gasteiger charge is 2.32. The summed E-state index contributed by atoms with van der Waals surface area (Å²) in [6.07, 6.45) is -0.518. The van der Waals surface area contributed by atoms with Crippen molar-refractivity contribution >= 4 is 12.0 Å². The molecule has 7 nitrogen and oxygen atoms in total. The summed E-state index contributed by atoms with van der Waals surface area (Å²) in [5.41, 5.74) is -1.01. The lowest BCUT2D eigenvalue weighted by atomic mass is 9.88. The maximum atomic E-state index is 12.3. The van der Waals surface area contributed by atoms with E-state index in [9.17, 15) is 9.59 Å². The standard InChI is InChI=1S/C16H27N3O4/c1-10(2)16(7,9-17-14(21)22-15(4,5)6)18-13(20)12-8-11(3)23-19-12/h8,10H,9H2,1-7H3,(H,17,21)(H,18,20). The van der Waals surface area contributed by atoms with E-state index in [1.165, 1.54) is 0 Å². The van der Waals surface area contributed by atoms with Crippen LogP contribution in [0.3, 0.4) is 0 Å². The summed E-state index contributed by atoms with van der Waals surface area (Å²) < 4.78 is 10.1. The molecule has 0 fully saturated rings. The smallest absolute Gasteiger partial charge is 0.407 e. The zero-order valence-electron chi connectivity index (χ0n) is 14.9. The van der Waals surface area contributed by atoms with Crippen molar-refractivity contribution in [2.45, 2.75) is 59.6 Å². The lowest BCUT2D eigenvalue weighted by Gasteiger charge is -2.35. The Bertz CT molecular complexity index is 560. The normalized spacial score (nSPS) is 14.3. The van der Waals surface area contributed by atoms with Crippen molar-refractivity contribution < 1.29 is 18.8 Å². The van der Waals surface area contributed by atoms with Gasteiger partial charge in [0.05, 0.1) is 5.54 Å². The molecule has 0 saturated carbocycles. The molecule has 0 aliphatic rings. The molecule has 7 heteroatoms. The zero-order chi connectivity index (χ0) is 17.8. The van der Waals surface area contributed by atoms with Gasteiger partial charge in [0.2, 0.25) is 0 Å². The zero-order valence-corrected chi connectivity index (χ0v) is 14.9. The van der Waals surface area contributed by atoms with E-state index in [1.807, 2.05) is 20.8 Å². The number of hydrogen-bond acceptors (Lipinski definition) is 5. The molecule has 2 amide bonds. The van der Waals surface area contributed by atoms with Crippen LogP contribution in [0.15, 0.2) is 10.6 Å². The summed E-state index contributed by atoms with van der Waals surface area (Å²) in [4.78, 5) is 24.1. The highest BCUT2D eigenvalue weighted by atomic mass is 16.6. The van der Waals surface area contributed by atoms with Crippen molar-refractivity contribution in [1.82, 2.24) is 15.8 Å². The number of aryl methyl sites for hydroxylation is 1. The number of rotatable bonds is 5. The van der Waals surface area contributed by atoms with Crippen LogP contribution >= 0.6 is 0 Å². The molecule has 2 N–H and O–H groups in total. The van der Waals surface area contributed by atoms with Crippen molar-refractivity contribution in [2.24, 2.45) is 5.92 Å². The predicted octanol–water partition coefficient (Wildman–Crippen LogP) is 2.65. The van der Waals surface area contributed by atoms with Crippen LogP contribution in [0, 0.1) is 12.8 Å². The topological polar surface area (TPSA) is 93.5 Å². The lowest BCUT2D eigenvalue weighted by molar-refractivity contribution is 0.0496. The Labute approximate surface area is 137 Å². The second kappa shape index (κ2) is 7.02. The maximum absolute atomic E-state index is 12.3. The summed E-state index contributed by atoms with van der Waals surface area (Å²) in [6.45, 7) is 13.1. The van der Waals surface area contributed by atoms with Gasteiger partial charge in [0.15, 0.2) is 5.69 Å². The minimum absolute atomic E-state index is 0.0781. The first kappa shape index (κ1) is 19.0. The molecule has 0 radical (unpaired) electrons. The quantitative estimate of drug-likeness (QED) is 0.868. The Morgan fingerprint density at radius 1 is 1.30 bits per heavy atom. The molecule has 0 aliphatic carbocycles. The van der Waals surface area contributed by atoms with Gasteiger partial charge in [-0.15, -0.1) is 0 Å². The monoisotopic (exact) mass is 325 g/mol. The van der Waals surface area contributed by atoms with Gasteiger partial charge in [-0.1, -0.05) is 19.0 Å². The van der Waals surface area contributed by atoms with Crippen molar-refractivity contribution in [3.8, 4) is 0 Å². The fourth-order valence-corrected chi connectivity index (χ4v) is 1.76. The van der Waals surface area contributed by atoms with Gasteiger partial charge in [-0.25, -0.2) is 4.79 Å². The van der Waals surface area contributed by atoms with Crippen LogP contribution in [0.5, 0.6) is 0 Å². The number of alkyl carbamates (subject to hydrolysis) is 1. The summed E-state index contributed by atoms with van der Waals surface area (Å²) in [5, 5.41) is 9.32. The van der Waals surface area contributed by atoms with Crippen molar-refractivity contribution in [2.75, 3.05) is 6.54 Å². The van der Waals surface area contributed by atoms with Gasteiger partial charge in [0.25, 0.3) is 5.91 Å². The predicted molar refractivity (Wildman–Crippen MR) is 86.2 cm³/mol. The van der Waals surface area contributed by atoms with Crippen LogP contribution in [-0.2, 0) is 4.74 Å². The average Bonchev–Trinajstić information content (AvgIpc) is 2.81. The van der Waals surface area contributed by atoms with E-state index in [1.54, 1.807) is 33.8 Å². The SMILES string of the molecule is Cc1cc(C(=O)NC(C)(CNC(=O)OC(C)(C)C)C(C)C)no1. The average molecular weight is 325 g/mol. The van der Waals surface area contributed by atoms with E-state index in [0.717, 1.165) is 0 Å². The van der Waals surface area contributed by atoms with E-state index in [0.29, 0.717) is 5.76 Å². The number of carbonyl (C=O) groups excluding carboxylic acids is 2. The third kappa shape index (κ3) is 5.92. The molecule has 0 bridgehead atoms. The molecule has 0 aromatic carbocycles. The Morgan fingerprint density at radius 2 is 1.91 bits per heavy atom. The van der Waals surface area contributed by atoms with E-state index in [4.69, 9.17) is 9.26 Å². The minimum Gasteiger partial charge on any atom is -0.444 e. The van der Waals surface area contributed by atoms with Gasteiger partial charge < -0.3 is 19.9 Å². The van der Waals surface area contributed by atoms with Gasteiger partial charge in [0, 0.05) is 12.6 Å². The summed E-state index contributed by atoms with van der Waals surface area (Å²) in [5.74, 6) is 0.298. The fourth-order valence-electron chi connectivity index (χ4n) is 1.76. The van der Waals surface area contributed by atoms with Gasteiger partial charge >= 0.3 is 6.09 Å². The summed E-state index contributed by atoms with van der Waals surface area (Å²) in [7, 11) is 0. The van der Waals surface area contributed by atoms with E-state index in [-0.39, 0.29) is 24.1 Å². The molecule has 130 valence electrons. The Kier molecular flexibility index (Phi) is 5.80. The number of hydrogen-bond donors (Lipinski definition) is 2. The molecule has 23 heavy (non-hydrogen) atoms. The van der Waals surface area contributed by atoms with Crippen molar-refractivity contribution in [1.29, 1.82) is 0 Å². The molecular formula is C16H27N3O4. The first-order valence-electron chi connectivity index (χ1n) is 7.65. The maximum Gasteiger partial charge on any atom is 0.407 e. The molecular weight excluding hydrogens is 298 g/mol. The largest absolute Gasteiger partial charge is 0.444 e. The molecule has 1 unspecified atom stereocenters. The van der Waals surface area contributed by atoms with Gasteiger partial charge in [-0.2, -0.15) is 0 Å². The van der Waals surface area contributed by atoms with Crippen LogP contribution in [0.4, 0.5) is 4.79 Å². The number of nitrogens with one attached hydrogen (secondary N) is 2. The minimum atomic E-state index is -0.652. The first-order chi connectivity index (χ1) is 10.4. The molecule has 1 heterocycles. The van der Waals surface area contributed by atoms with Crippen molar-refractivity contribution in [3.63, 3.8) is 0 Å². The molecule has 0 saturated heterocycles. The van der Waals surface area contributed by atoms with E-state index in [2.05, 4.69) is 15.8 Å². The lowest BCUT2D eigenvalue weighted by Crippen LogP contribution is -2.57. The molecule has 0 spiro atoms. The Morgan fingerprint density at radius 3 is 2.35 bits per heavy atom. The molecule has 1 rings (SSSR count). The van der Waals surface area contributed by atoms with E-state index >= 15 is 0 Å². The van der Waals surface area contributed by atoms with Gasteiger partial charge in [-0.05, 0) is 40.5 Å². The number of aromatic nitrogens is 1. The molecule has 1 aromatic heterocycles. The number of ether oxygens (including phenoxy) is 1. The molecule has 1 aromatic rings. The first-order valence-corrected chi connectivity index (χ1v) is 7.65. The third-order valence-electron chi connectivity index (χ3n) is 3.53. The van der Waals surface area contributed by atoms with Gasteiger partial charge in [0.1, 0.15) is 11.4 Å². The Hall–Kier alpha value is -2.05. The van der Waals surface area contributed by atoms with Crippen molar-refractivity contribution in [3.05, 3.63) is 17.5 Å². The van der Waals surface area contributed by atoms with Crippen LogP contribution in [-0.4, -0.2) is 34.8 Å². The molecule has 0 aliphatic heterocycles.